The van der Waals surface area contributed by atoms with E-state index in [4.69, 9.17) is 0 Å². The summed E-state index contributed by atoms with van der Waals surface area (Å²) < 4.78 is 20.6. The minimum atomic E-state index is -0.516. The van der Waals surface area contributed by atoms with Crippen molar-refractivity contribution in [2.45, 2.75) is 25.7 Å². The lowest BCUT2D eigenvalue weighted by Crippen LogP contribution is -2.03. The van der Waals surface area contributed by atoms with Crippen molar-refractivity contribution in [1.82, 2.24) is 14.8 Å². The van der Waals surface area contributed by atoms with E-state index >= 15 is 0 Å². The molecule has 110 valence electrons. The molecular formula is C15H16FN3O2. The summed E-state index contributed by atoms with van der Waals surface area (Å²) in [7, 11) is 3.00. The molecule has 0 unspecified atom stereocenters. The lowest BCUT2D eigenvalue weighted by Gasteiger charge is -2.09. The Bertz CT molecular complexity index is 720. The highest BCUT2D eigenvalue weighted by molar-refractivity contribution is 5.88. The maximum absolute atomic E-state index is 14.4. The van der Waals surface area contributed by atoms with E-state index in [0.29, 0.717) is 22.5 Å². The average Bonchev–Trinajstić information content (AvgIpc) is 3.24. The van der Waals surface area contributed by atoms with Crippen LogP contribution in [0, 0.1) is 12.7 Å². The molecule has 21 heavy (non-hydrogen) atoms. The zero-order chi connectivity index (χ0) is 15.1. The third-order valence-electron chi connectivity index (χ3n) is 3.81. The van der Waals surface area contributed by atoms with Gasteiger partial charge in [-0.2, -0.15) is 5.10 Å². The minimum absolute atomic E-state index is 0.195. The lowest BCUT2D eigenvalue weighted by molar-refractivity contribution is 0.0593. The van der Waals surface area contributed by atoms with Gasteiger partial charge in [0.2, 0.25) is 0 Å². The van der Waals surface area contributed by atoms with Crippen LogP contribution in [0.5, 0.6) is 0 Å². The molecule has 0 bridgehead atoms. The Morgan fingerprint density at radius 1 is 1.48 bits per heavy atom. The van der Waals surface area contributed by atoms with Crippen molar-refractivity contribution >= 4 is 5.97 Å². The van der Waals surface area contributed by atoms with Crippen molar-refractivity contribution in [2.24, 2.45) is 7.05 Å². The van der Waals surface area contributed by atoms with E-state index in [1.54, 1.807) is 26.2 Å². The van der Waals surface area contributed by atoms with E-state index < -0.39 is 5.97 Å². The van der Waals surface area contributed by atoms with Crippen LogP contribution in [0.2, 0.25) is 0 Å². The molecule has 5 nitrogen and oxygen atoms in total. The normalized spacial score (nSPS) is 14.3. The predicted molar refractivity (Wildman–Crippen MR) is 74.4 cm³/mol. The van der Waals surface area contributed by atoms with Crippen molar-refractivity contribution < 1.29 is 13.9 Å². The van der Waals surface area contributed by atoms with Crippen molar-refractivity contribution in [2.75, 3.05) is 7.11 Å². The highest BCUT2D eigenvalue weighted by Crippen LogP contribution is 2.41. The number of aromatic nitrogens is 3. The summed E-state index contributed by atoms with van der Waals surface area (Å²) in [5.41, 5.74) is 2.56. The SMILES string of the molecule is COC(=O)c1cc(-c2cnc(C3CC3)c(F)c2C)n(C)n1. The van der Waals surface area contributed by atoms with Crippen LogP contribution in [0.4, 0.5) is 4.39 Å². The summed E-state index contributed by atoms with van der Waals surface area (Å²) in [6, 6.07) is 1.59. The van der Waals surface area contributed by atoms with Gasteiger partial charge in [0.15, 0.2) is 5.69 Å². The van der Waals surface area contributed by atoms with Gasteiger partial charge in [-0.3, -0.25) is 9.67 Å². The predicted octanol–water partition coefficient (Wildman–Crippen LogP) is 2.59. The first-order chi connectivity index (χ1) is 10.0. The van der Waals surface area contributed by atoms with Gasteiger partial charge in [-0.25, -0.2) is 9.18 Å². The van der Waals surface area contributed by atoms with Crippen LogP contribution in [0.3, 0.4) is 0 Å². The molecule has 0 N–H and O–H groups in total. The van der Waals surface area contributed by atoms with Gasteiger partial charge in [0.05, 0.1) is 18.5 Å². The van der Waals surface area contributed by atoms with Crippen LogP contribution in [-0.2, 0) is 11.8 Å². The number of hydrogen-bond donors (Lipinski definition) is 0. The number of nitrogens with zero attached hydrogens (tertiary/aromatic N) is 3. The molecule has 1 saturated carbocycles. The van der Waals surface area contributed by atoms with Crippen LogP contribution < -0.4 is 0 Å². The van der Waals surface area contributed by atoms with Crippen LogP contribution in [-0.4, -0.2) is 27.8 Å². The van der Waals surface area contributed by atoms with Crippen LogP contribution >= 0.6 is 0 Å². The highest BCUT2D eigenvalue weighted by Gasteiger charge is 2.29. The largest absolute Gasteiger partial charge is 0.464 e. The molecule has 1 aliphatic rings. The summed E-state index contributed by atoms with van der Waals surface area (Å²) in [4.78, 5) is 15.8. The van der Waals surface area contributed by atoms with Crippen molar-refractivity contribution in [1.29, 1.82) is 0 Å². The number of hydrogen-bond acceptors (Lipinski definition) is 4. The van der Waals surface area contributed by atoms with Gasteiger partial charge in [-0.15, -0.1) is 0 Å². The van der Waals surface area contributed by atoms with Gasteiger partial charge in [0.25, 0.3) is 0 Å². The first-order valence-corrected chi connectivity index (χ1v) is 6.80. The van der Waals surface area contributed by atoms with Crippen LogP contribution in [0.15, 0.2) is 12.3 Å². The molecule has 2 aromatic heterocycles. The first-order valence-electron chi connectivity index (χ1n) is 6.80. The summed E-state index contributed by atoms with van der Waals surface area (Å²) in [6.07, 6.45) is 3.66. The van der Waals surface area contributed by atoms with E-state index in [-0.39, 0.29) is 17.4 Å². The first kappa shape index (κ1) is 13.7. The molecule has 0 aromatic carbocycles. The van der Waals surface area contributed by atoms with E-state index in [0.717, 1.165) is 12.8 Å². The van der Waals surface area contributed by atoms with Gasteiger partial charge in [-0.1, -0.05) is 0 Å². The second-order valence-corrected chi connectivity index (χ2v) is 5.30. The van der Waals surface area contributed by atoms with Gasteiger partial charge in [0, 0.05) is 24.7 Å². The van der Waals surface area contributed by atoms with Crippen molar-refractivity contribution in [3.8, 4) is 11.3 Å². The number of ether oxygens (including phenoxy) is 1. The molecule has 2 aromatic rings. The molecule has 0 spiro atoms. The molecule has 0 amide bonds. The fourth-order valence-corrected chi connectivity index (χ4v) is 2.42. The van der Waals surface area contributed by atoms with Gasteiger partial charge in [-0.05, 0) is 31.4 Å². The molecule has 0 aliphatic heterocycles. The molecule has 0 radical (unpaired) electrons. The maximum atomic E-state index is 14.4. The third kappa shape index (κ3) is 2.30. The number of halogens is 1. The maximum Gasteiger partial charge on any atom is 0.358 e. The summed E-state index contributed by atoms with van der Waals surface area (Å²) in [5.74, 6) is -0.511. The number of methoxy groups -OCH3 is 1. The lowest BCUT2D eigenvalue weighted by atomic mass is 10.0. The minimum Gasteiger partial charge on any atom is -0.464 e. The Kier molecular flexibility index (Phi) is 3.23. The summed E-state index contributed by atoms with van der Waals surface area (Å²) in [6.45, 7) is 1.73. The number of aryl methyl sites for hydroxylation is 1. The highest BCUT2D eigenvalue weighted by atomic mass is 19.1. The molecule has 3 rings (SSSR count). The van der Waals surface area contributed by atoms with Crippen LogP contribution in [0.25, 0.3) is 11.3 Å². The van der Waals surface area contributed by atoms with Gasteiger partial charge < -0.3 is 4.74 Å². The van der Waals surface area contributed by atoms with Crippen molar-refractivity contribution in [3.63, 3.8) is 0 Å². The Balaban J connectivity index is 2.06. The van der Waals surface area contributed by atoms with Crippen LogP contribution in [0.1, 0.15) is 40.5 Å². The Morgan fingerprint density at radius 2 is 2.19 bits per heavy atom. The van der Waals surface area contributed by atoms with Gasteiger partial charge in [0.1, 0.15) is 5.82 Å². The van der Waals surface area contributed by atoms with Gasteiger partial charge >= 0.3 is 5.97 Å². The summed E-state index contributed by atoms with van der Waals surface area (Å²) >= 11 is 0. The molecule has 1 aliphatic carbocycles. The van der Waals surface area contributed by atoms with E-state index in [2.05, 4.69) is 14.8 Å². The molecule has 0 saturated heterocycles. The van der Waals surface area contributed by atoms with Crippen molar-refractivity contribution in [3.05, 3.63) is 35.0 Å². The molecular weight excluding hydrogens is 273 g/mol. The van der Waals surface area contributed by atoms with E-state index in [9.17, 15) is 9.18 Å². The Morgan fingerprint density at radius 3 is 2.81 bits per heavy atom. The number of carbonyl (C=O) groups is 1. The molecule has 0 atom stereocenters. The summed E-state index contributed by atoms with van der Waals surface area (Å²) in [5, 5.41) is 4.09. The zero-order valence-electron chi connectivity index (χ0n) is 12.2. The van der Waals surface area contributed by atoms with E-state index in [1.807, 2.05) is 0 Å². The molecule has 2 heterocycles. The number of pyridine rings is 1. The Labute approximate surface area is 121 Å². The topological polar surface area (TPSA) is 57.0 Å². The third-order valence-corrected chi connectivity index (χ3v) is 3.81. The zero-order valence-corrected chi connectivity index (χ0v) is 12.2. The average molecular weight is 289 g/mol. The second kappa shape index (κ2) is 4.95. The number of esters is 1. The van der Waals surface area contributed by atoms with E-state index in [1.165, 1.54) is 11.8 Å². The number of carbonyl (C=O) groups excluding carboxylic acids is 1. The quantitative estimate of drug-likeness (QED) is 0.815. The monoisotopic (exact) mass is 289 g/mol. The second-order valence-electron chi connectivity index (χ2n) is 5.30. The Hall–Kier alpha value is -2.24. The standard InChI is InChI=1S/C15H16FN3O2/c1-8-10(7-17-14(13(8)16)9-4-5-9)12-6-11(15(20)21-3)18-19(12)2/h6-7,9H,4-5H2,1-3H3. The molecule has 6 heteroatoms. The molecule has 1 fully saturated rings. The smallest absolute Gasteiger partial charge is 0.358 e. The fourth-order valence-electron chi connectivity index (χ4n) is 2.42. The number of rotatable bonds is 3. The fraction of sp³-hybridized carbons (Fsp3) is 0.400.